The summed E-state index contributed by atoms with van der Waals surface area (Å²) in [7, 11) is 0. The molecule has 2 aromatic rings. The SMILES string of the molecule is Cc1c(F)c(F)nc(Oc2cccc(C3(CC(Cl)(Cl)Cl)CO3)c2)c1F. The summed E-state index contributed by atoms with van der Waals surface area (Å²) in [6.45, 7) is 1.44. The molecule has 0 spiro atoms. The molecule has 1 aliphatic rings. The highest BCUT2D eigenvalue weighted by Crippen LogP contribution is 2.50. The average molecular weight is 413 g/mol. The molecule has 1 atom stereocenters. The van der Waals surface area contributed by atoms with Crippen LogP contribution in [0.4, 0.5) is 13.2 Å². The predicted octanol–water partition coefficient (Wildman–Crippen LogP) is 5.59. The lowest BCUT2D eigenvalue weighted by Crippen LogP contribution is -2.18. The lowest BCUT2D eigenvalue weighted by atomic mass is 9.97. The third-order valence-corrected chi connectivity index (χ3v) is 4.18. The van der Waals surface area contributed by atoms with E-state index in [1.54, 1.807) is 18.2 Å². The highest BCUT2D eigenvalue weighted by Gasteiger charge is 2.51. The molecule has 1 aromatic heterocycles. The average Bonchev–Trinajstić information content (AvgIpc) is 3.29. The van der Waals surface area contributed by atoms with Crippen LogP contribution < -0.4 is 4.74 Å². The smallest absolute Gasteiger partial charge is 0.259 e. The summed E-state index contributed by atoms with van der Waals surface area (Å²) in [6.07, 6.45) is 0.116. The van der Waals surface area contributed by atoms with Gasteiger partial charge in [-0.05, 0) is 24.6 Å². The largest absolute Gasteiger partial charge is 0.436 e. The van der Waals surface area contributed by atoms with E-state index in [4.69, 9.17) is 44.3 Å². The molecule has 0 N–H and O–H groups in total. The van der Waals surface area contributed by atoms with E-state index in [1.165, 1.54) is 6.07 Å². The fourth-order valence-electron chi connectivity index (χ4n) is 2.40. The van der Waals surface area contributed by atoms with E-state index in [9.17, 15) is 13.2 Å². The molecule has 3 rings (SSSR count). The van der Waals surface area contributed by atoms with Crippen LogP contribution in [0.25, 0.3) is 0 Å². The normalized spacial score (nSPS) is 19.8. The number of nitrogens with zero attached hydrogens (tertiary/aromatic N) is 1. The Labute approximate surface area is 156 Å². The van der Waals surface area contributed by atoms with Crippen LogP contribution in [0.3, 0.4) is 0 Å². The van der Waals surface area contributed by atoms with E-state index in [0.29, 0.717) is 12.2 Å². The van der Waals surface area contributed by atoms with Crippen molar-refractivity contribution in [2.75, 3.05) is 6.61 Å². The zero-order valence-corrected chi connectivity index (χ0v) is 15.0. The van der Waals surface area contributed by atoms with Crippen molar-refractivity contribution in [2.24, 2.45) is 0 Å². The van der Waals surface area contributed by atoms with Crippen molar-refractivity contribution in [3.05, 3.63) is 53.0 Å². The van der Waals surface area contributed by atoms with Crippen molar-refractivity contribution < 1.29 is 22.6 Å². The molecule has 1 aromatic carbocycles. The molecular weight excluding hydrogens is 402 g/mol. The van der Waals surface area contributed by atoms with Crippen molar-refractivity contribution in [3.8, 4) is 11.6 Å². The molecular formula is C16H11Cl3F3NO2. The van der Waals surface area contributed by atoms with E-state index < -0.39 is 38.4 Å². The Hall–Kier alpha value is -1.21. The molecule has 3 nitrogen and oxygen atoms in total. The summed E-state index contributed by atoms with van der Waals surface area (Å²) in [5, 5.41) is 0. The number of alkyl halides is 3. The zero-order valence-electron chi connectivity index (χ0n) is 12.8. The Kier molecular flexibility index (Phi) is 4.83. The number of ether oxygens (including phenoxy) is 2. The molecule has 9 heteroatoms. The number of aromatic nitrogens is 1. The van der Waals surface area contributed by atoms with Crippen LogP contribution >= 0.6 is 34.8 Å². The van der Waals surface area contributed by atoms with Crippen LogP contribution in [0.1, 0.15) is 17.5 Å². The molecule has 2 heterocycles. The van der Waals surface area contributed by atoms with Crippen LogP contribution in [-0.2, 0) is 10.3 Å². The Balaban J connectivity index is 1.89. The van der Waals surface area contributed by atoms with Gasteiger partial charge in [0.1, 0.15) is 11.4 Å². The van der Waals surface area contributed by atoms with Crippen LogP contribution in [0.15, 0.2) is 24.3 Å². The second-order valence-corrected chi connectivity index (χ2v) is 8.18. The Morgan fingerprint density at radius 2 is 1.92 bits per heavy atom. The first-order valence-electron chi connectivity index (χ1n) is 7.11. The molecule has 25 heavy (non-hydrogen) atoms. The molecule has 1 saturated heterocycles. The Morgan fingerprint density at radius 1 is 1.24 bits per heavy atom. The topological polar surface area (TPSA) is 34.6 Å². The third kappa shape index (κ3) is 3.97. The van der Waals surface area contributed by atoms with E-state index in [0.717, 1.165) is 6.92 Å². The number of epoxide rings is 1. The molecule has 1 unspecified atom stereocenters. The van der Waals surface area contributed by atoms with Crippen molar-refractivity contribution in [1.29, 1.82) is 0 Å². The summed E-state index contributed by atoms with van der Waals surface area (Å²) < 4.78 is 49.9. The third-order valence-electron chi connectivity index (χ3n) is 3.78. The predicted molar refractivity (Wildman–Crippen MR) is 87.9 cm³/mol. The van der Waals surface area contributed by atoms with Crippen LogP contribution in [0.5, 0.6) is 11.6 Å². The Bertz CT molecular complexity index is 823. The van der Waals surface area contributed by atoms with Gasteiger partial charge in [-0.15, -0.1) is 0 Å². The minimum Gasteiger partial charge on any atom is -0.436 e. The van der Waals surface area contributed by atoms with Crippen molar-refractivity contribution in [3.63, 3.8) is 0 Å². The van der Waals surface area contributed by atoms with E-state index >= 15 is 0 Å². The Morgan fingerprint density at radius 3 is 2.52 bits per heavy atom. The van der Waals surface area contributed by atoms with Crippen molar-refractivity contribution >= 4 is 34.8 Å². The first-order chi connectivity index (χ1) is 11.6. The quantitative estimate of drug-likeness (QED) is 0.373. The van der Waals surface area contributed by atoms with Gasteiger partial charge in [-0.3, -0.25) is 0 Å². The van der Waals surface area contributed by atoms with Gasteiger partial charge >= 0.3 is 0 Å². The maximum absolute atomic E-state index is 14.0. The molecule has 0 saturated carbocycles. The summed E-state index contributed by atoms with van der Waals surface area (Å²) in [5.74, 6) is -4.38. The van der Waals surface area contributed by atoms with Crippen LogP contribution in [-0.4, -0.2) is 15.4 Å². The van der Waals surface area contributed by atoms with Crippen LogP contribution in [0.2, 0.25) is 0 Å². The second kappa shape index (κ2) is 6.50. The molecule has 134 valence electrons. The maximum Gasteiger partial charge on any atom is 0.259 e. The van der Waals surface area contributed by atoms with Gasteiger partial charge in [-0.2, -0.15) is 9.37 Å². The number of hydrogen-bond acceptors (Lipinski definition) is 3. The van der Waals surface area contributed by atoms with Gasteiger partial charge in [-0.1, -0.05) is 46.9 Å². The van der Waals surface area contributed by atoms with Gasteiger partial charge in [0, 0.05) is 12.0 Å². The van der Waals surface area contributed by atoms with Gasteiger partial charge in [0.25, 0.3) is 11.8 Å². The van der Waals surface area contributed by atoms with E-state index in [-0.39, 0.29) is 12.2 Å². The van der Waals surface area contributed by atoms with Gasteiger partial charge in [-0.25, -0.2) is 8.78 Å². The monoisotopic (exact) mass is 411 g/mol. The minimum absolute atomic E-state index is 0.116. The number of halogens is 6. The first kappa shape index (κ1) is 18.6. The summed E-state index contributed by atoms with van der Waals surface area (Å²) in [6, 6.07) is 6.40. The molecule has 0 radical (unpaired) electrons. The lowest BCUT2D eigenvalue weighted by Gasteiger charge is -2.18. The fraction of sp³-hybridized carbons (Fsp3) is 0.312. The van der Waals surface area contributed by atoms with Gasteiger partial charge in [0.15, 0.2) is 15.4 Å². The number of pyridine rings is 1. The highest BCUT2D eigenvalue weighted by atomic mass is 35.6. The molecule has 1 aliphatic heterocycles. The van der Waals surface area contributed by atoms with Gasteiger partial charge in [0.05, 0.1) is 6.61 Å². The highest BCUT2D eigenvalue weighted by molar-refractivity contribution is 6.67. The molecule has 1 fully saturated rings. The van der Waals surface area contributed by atoms with E-state index in [2.05, 4.69) is 4.98 Å². The summed E-state index contributed by atoms with van der Waals surface area (Å²) in [4.78, 5) is 3.16. The zero-order chi connectivity index (χ0) is 18.4. The standard InChI is InChI=1S/C16H11Cl3F3NO2/c1-8-11(20)13(22)23-14(12(8)21)25-10-4-2-3-9(5-10)15(7-24-15)6-16(17,18)19/h2-5H,6-7H2,1H3. The van der Waals surface area contributed by atoms with Crippen molar-refractivity contribution in [1.82, 2.24) is 4.98 Å². The van der Waals surface area contributed by atoms with Crippen LogP contribution in [0, 0.1) is 24.5 Å². The number of rotatable bonds is 4. The fourth-order valence-corrected chi connectivity index (χ4v) is 3.05. The number of hydrogen-bond donors (Lipinski definition) is 0. The summed E-state index contributed by atoms with van der Waals surface area (Å²) in [5.41, 5.74) is -0.645. The van der Waals surface area contributed by atoms with Crippen molar-refractivity contribution in [2.45, 2.75) is 22.7 Å². The first-order valence-corrected chi connectivity index (χ1v) is 8.25. The number of benzene rings is 1. The van der Waals surface area contributed by atoms with E-state index in [1.807, 2.05) is 0 Å². The van der Waals surface area contributed by atoms with Gasteiger partial charge in [0.2, 0.25) is 0 Å². The minimum atomic E-state index is -1.52. The molecule has 0 bridgehead atoms. The maximum atomic E-state index is 14.0. The second-order valence-electron chi connectivity index (χ2n) is 5.67. The molecule has 0 aliphatic carbocycles. The lowest BCUT2D eigenvalue weighted by molar-refractivity contribution is 0.294. The van der Waals surface area contributed by atoms with Gasteiger partial charge < -0.3 is 9.47 Å². The summed E-state index contributed by atoms with van der Waals surface area (Å²) >= 11 is 17.5. The molecule has 0 amide bonds.